The van der Waals surface area contributed by atoms with Crippen LogP contribution in [0, 0.1) is 6.92 Å². The molecule has 0 saturated heterocycles. The Kier molecular flexibility index (Phi) is 7.12. The first-order valence-corrected chi connectivity index (χ1v) is 9.18. The molecule has 0 saturated carbocycles. The van der Waals surface area contributed by atoms with Crippen molar-refractivity contribution >= 4 is 31.8 Å². The zero-order chi connectivity index (χ0) is 16.0. The van der Waals surface area contributed by atoms with Crippen molar-refractivity contribution in [2.75, 3.05) is 24.9 Å². The highest BCUT2D eigenvalue weighted by atomic mass is 79.9. The molecule has 7 heteroatoms. The highest BCUT2D eigenvalue weighted by molar-refractivity contribution is 9.10. The van der Waals surface area contributed by atoms with Crippen LogP contribution in [0.2, 0.25) is 0 Å². The van der Waals surface area contributed by atoms with Crippen LogP contribution in [0.4, 0.5) is 5.69 Å². The molecule has 0 amide bonds. The number of anilines is 1. The first-order chi connectivity index (χ1) is 9.70. The van der Waals surface area contributed by atoms with Crippen LogP contribution in [0.1, 0.15) is 25.8 Å². The SMILES string of the molecule is Cc1cc(Br)cc(NS(=O)(=O)N(C)CCCNC(C)C)c1. The predicted molar refractivity (Wildman–Crippen MR) is 91.8 cm³/mol. The van der Waals surface area contributed by atoms with E-state index in [-0.39, 0.29) is 0 Å². The van der Waals surface area contributed by atoms with Crippen LogP contribution in [-0.2, 0) is 10.2 Å². The maximum atomic E-state index is 12.2. The van der Waals surface area contributed by atoms with Crippen LogP contribution in [0.3, 0.4) is 0 Å². The van der Waals surface area contributed by atoms with E-state index in [0.29, 0.717) is 18.3 Å². The van der Waals surface area contributed by atoms with Gasteiger partial charge in [-0.2, -0.15) is 12.7 Å². The molecular formula is C14H24BrN3O2S. The molecule has 0 aromatic heterocycles. The third-order valence-corrected chi connectivity index (χ3v) is 4.86. The lowest BCUT2D eigenvalue weighted by Crippen LogP contribution is -2.35. The van der Waals surface area contributed by atoms with E-state index in [0.717, 1.165) is 23.0 Å². The molecule has 0 radical (unpaired) electrons. The van der Waals surface area contributed by atoms with Gasteiger partial charge >= 0.3 is 10.2 Å². The van der Waals surface area contributed by atoms with Crippen molar-refractivity contribution in [3.05, 3.63) is 28.2 Å². The average Bonchev–Trinajstić information content (AvgIpc) is 2.32. The molecule has 1 rings (SSSR count). The summed E-state index contributed by atoms with van der Waals surface area (Å²) in [6.07, 6.45) is 0.771. The van der Waals surface area contributed by atoms with Gasteiger partial charge in [0.25, 0.3) is 0 Å². The lowest BCUT2D eigenvalue weighted by atomic mass is 10.2. The van der Waals surface area contributed by atoms with Crippen LogP contribution in [0.5, 0.6) is 0 Å². The van der Waals surface area contributed by atoms with Gasteiger partial charge < -0.3 is 5.32 Å². The minimum Gasteiger partial charge on any atom is -0.314 e. The highest BCUT2D eigenvalue weighted by Gasteiger charge is 2.17. The van der Waals surface area contributed by atoms with E-state index in [1.54, 1.807) is 19.2 Å². The summed E-state index contributed by atoms with van der Waals surface area (Å²) in [6.45, 7) is 7.33. The first-order valence-electron chi connectivity index (χ1n) is 6.95. The minimum absolute atomic E-state index is 0.412. The summed E-state index contributed by atoms with van der Waals surface area (Å²) in [4.78, 5) is 0. The van der Waals surface area contributed by atoms with E-state index in [2.05, 4.69) is 39.8 Å². The standard InChI is InChI=1S/C14H24BrN3O2S/c1-11(2)16-6-5-7-18(4)21(19,20)17-14-9-12(3)8-13(15)10-14/h8-11,16-17H,5-7H2,1-4H3. The highest BCUT2D eigenvalue weighted by Crippen LogP contribution is 2.20. The summed E-state index contributed by atoms with van der Waals surface area (Å²) >= 11 is 3.37. The maximum Gasteiger partial charge on any atom is 0.301 e. The summed E-state index contributed by atoms with van der Waals surface area (Å²) in [5, 5.41) is 3.27. The fraction of sp³-hybridized carbons (Fsp3) is 0.571. The van der Waals surface area contributed by atoms with E-state index in [1.807, 2.05) is 13.0 Å². The fourth-order valence-corrected chi connectivity index (χ4v) is 3.38. The van der Waals surface area contributed by atoms with Crippen molar-refractivity contribution in [3.8, 4) is 0 Å². The Bertz CT molecular complexity index is 541. The second-order valence-electron chi connectivity index (χ2n) is 5.41. The average molecular weight is 378 g/mol. The van der Waals surface area contributed by atoms with E-state index in [4.69, 9.17) is 0 Å². The van der Waals surface area contributed by atoms with E-state index in [1.165, 1.54) is 4.31 Å². The van der Waals surface area contributed by atoms with Crippen molar-refractivity contribution in [1.82, 2.24) is 9.62 Å². The number of rotatable bonds is 8. The number of aryl methyl sites for hydroxylation is 1. The van der Waals surface area contributed by atoms with Crippen LogP contribution < -0.4 is 10.0 Å². The molecule has 1 aromatic carbocycles. The summed E-state index contributed by atoms with van der Waals surface area (Å²) in [5.74, 6) is 0. The Balaban J connectivity index is 2.59. The van der Waals surface area contributed by atoms with Gasteiger partial charge in [0.2, 0.25) is 0 Å². The predicted octanol–water partition coefficient (Wildman–Crippen LogP) is 2.73. The first kappa shape index (κ1) is 18.4. The van der Waals surface area contributed by atoms with Gasteiger partial charge in [-0.3, -0.25) is 4.72 Å². The normalized spacial score (nSPS) is 12.1. The zero-order valence-electron chi connectivity index (χ0n) is 13.0. The maximum absolute atomic E-state index is 12.2. The molecule has 0 fully saturated rings. The van der Waals surface area contributed by atoms with Crippen molar-refractivity contribution < 1.29 is 8.42 Å². The molecule has 2 N–H and O–H groups in total. The van der Waals surface area contributed by atoms with Gasteiger partial charge in [0.05, 0.1) is 5.69 Å². The summed E-state index contributed by atoms with van der Waals surface area (Å²) in [5.41, 5.74) is 1.56. The van der Waals surface area contributed by atoms with E-state index in [9.17, 15) is 8.42 Å². The zero-order valence-corrected chi connectivity index (χ0v) is 15.4. The van der Waals surface area contributed by atoms with Gasteiger partial charge in [-0.05, 0) is 43.7 Å². The molecular weight excluding hydrogens is 354 g/mol. The molecule has 0 bridgehead atoms. The van der Waals surface area contributed by atoms with Crippen LogP contribution in [0.15, 0.2) is 22.7 Å². The quantitative estimate of drug-likeness (QED) is 0.684. The van der Waals surface area contributed by atoms with Crippen LogP contribution >= 0.6 is 15.9 Å². The Morgan fingerprint density at radius 1 is 1.29 bits per heavy atom. The summed E-state index contributed by atoms with van der Waals surface area (Å²) in [6, 6.07) is 5.89. The molecule has 1 aromatic rings. The number of nitrogens with zero attached hydrogens (tertiary/aromatic N) is 1. The molecule has 21 heavy (non-hydrogen) atoms. The summed E-state index contributed by atoms with van der Waals surface area (Å²) in [7, 11) is -1.93. The van der Waals surface area contributed by atoms with Crippen molar-refractivity contribution in [2.24, 2.45) is 0 Å². The van der Waals surface area contributed by atoms with Crippen LogP contribution in [-0.4, -0.2) is 38.9 Å². The third-order valence-electron chi connectivity index (χ3n) is 2.90. The molecule has 0 aliphatic heterocycles. The number of hydrogen-bond donors (Lipinski definition) is 2. The monoisotopic (exact) mass is 377 g/mol. The second-order valence-corrected chi connectivity index (χ2v) is 8.10. The van der Waals surface area contributed by atoms with Gasteiger partial charge in [0.1, 0.15) is 0 Å². The molecule has 0 aliphatic rings. The van der Waals surface area contributed by atoms with Gasteiger partial charge in [0, 0.05) is 24.1 Å². The van der Waals surface area contributed by atoms with Crippen molar-refractivity contribution in [3.63, 3.8) is 0 Å². The minimum atomic E-state index is -3.51. The Morgan fingerprint density at radius 3 is 2.52 bits per heavy atom. The smallest absolute Gasteiger partial charge is 0.301 e. The lowest BCUT2D eigenvalue weighted by Gasteiger charge is -2.19. The van der Waals surface area contributed by atoms with Crippen LogP contribution in [0.25, 0.3) is 0 Å². The summed E-state index contributed by atoms with van der Waals surface area (Å²) < 4.78 is 29.2. The molecule has 0 spiro atoms. The number of hydrogen-bond acceptors (Lipinski definition) is 3. The van der Waals surface area contributed by atoms with Crippen molar-refractivity contribution in [2.45, 2.75) is 33.2 Å². The van der Waals surface area contributed by atoms with Gasteiger partial charge in [0.15, 0.2) is 0 Å². The third kappa shape index (κ3) is 6.78. The Labute approximate surface area is 136 Å². The Morgan fingerprint density at radius 2 is 1.95 bits per heavy atom. The molecule has 0 unspecified atom stereocenters. The lowest BCUT2D eigenvalue weighted by molar-refractivity contribution is 0.451. The molecule has 0 aliphatic carbocycles. The molecule has 5 nitrogen and oxygen atoms in total. The van der Waals surface area contributed by atoms with Gasteiger partial charge in [-0.1, -0.05) is 29.8 Å². The Hall–Kier alpha value is -0.630. The number of benzene rings is 1. The molecule has 120 valence electrons. The number of halogens is 1. The molecule has 0 atom stereocenters. The van der Waals surface area contributed by atoms with Gasteiger partial charge in [-0.15, -0.1) is 0 Å². The topological polar surface area (TPSA) is 61.4 Å². The fourth-order valence-electron chi connectivity index (χ4n) is 1.83. The second kappa shape index (κ2) is 8.12. The van der Waals surface area contributed by atoms with E-state index >= 15 is 0 Å². The van der Waals surface area contributed by atoms with Gasteiger partial charge in [-0.25, -0.2) is 0 Å². The molecule has 0 heterocycles. The largest absolute Gasteiger partial charge is 0.314 e. The number of nitrogens with one attached hydrogen (secondary N) is 2. The van der Waals surface area contributed by atoms with Crippen molar-refractivity contribution in [1.29, 1.82) is 0 Å². The van der Waals surface area contributed by atoms with E-state index < -0.39 is 10.2 Å².